The Morgan fingerprint density at radius 3 is 2.79 bits per heavy atom. The fraction of sp³-hybridized carbons (Fsp3) is 0.400. The molecule has 0 spiro atoms. The molecule has 9 heteroatoms. The van der Waals surface area contributed by atoms with Gasteiger partial charge in [0.2, 0.25) is 11.9 Å². The van der Waals surface area contributed by atoms with Crippen LogP contribution in [-0.4, -0.2) is 38.1 Å². The Labute approximate surface area is 174 Å². The molecule has 8 nitrogen and oxygen atoms in total. The number of rotatable bonds is 4. The van der Waals surface area contributed by atoms with Crippen molar-refractivity contribution in [3.63, 3.8) is 0 Å². The number of nitrogens with zero attached hydrogens (tertiary/aromatic N) is 5. The largest absolute Gasteiger partial charge is 0.350 e. The quantitative estimate of drug-likeness (QED) is 0.600. The van der Waals surface area contributed by atoms with E-state index >= 15 is 0 Å². The first-order chi connectivity index (χ1) is 13.8. The third-order valence-electron chi connectivity index (χ3n) is 4.60. The molecule has 0 aliphatic carbocycles. The third kappa shape index (κ3) is 4.26. The molecule has 3 aromatic rings. The SMILES string of the molecule is CC(C)(C)Nc1ncc2nc(Nc3cc(Cl)cc(C#N)c3)n(C3CCNC3)c2n1. The highest BCUT2D eigenvalue weighted by Crippen LogP contribution is 2.30. The van der Waals surface area contributed by atoms with Crippen LogP contribution in [0.4, 0.5) is 17.6 Å². The van der Waals surface area contributed by atoms with Gasteiger partial charge in [-0.2, -0.15) is 10.2 Å². The van der Waals surface area contributed by atoms with Crippen LogP contribution in [0.1, 0.15) is 38.8 Å². The zero-order chi connectivity index (χ0) is 20.6. The molecular weight excluding hydrogens is 388 g/mol. The number of anilines is 3. The summed E-state index contributed by atoms with van der Waals surface area (Å²) in [6.45, 7) is 7.98. The van der Waals surface area contributed by atoms with E-state index < -0.39 is 0 Å². The molecule has 0 radical (unpaired) electrons. The number of aromatic nitrogens is 4. The summed E-state index contributed by atoms with van der Waals surface area (Å²) in [4.78, 5) is 13.9. The number of hydrogen-bond donors (Lipinski definition) is 3. The number of benzene rings is 1. The van der Waals surface area contributed by atoms with Gasteiger partial charge in [-0.25, -0.2) is 9.97 Å². The molecular formula is C20H23ClN8. The maximum atomic E-state index is 9.23. The molecule has 1 fully saturated rings. The standard InChI is InChI=1S/C20H23ClN8/c1-20(2,3)28-18-24-11-16-17(27-18)29(15-4-5-23-10-15)19(26-16)25-14-7-12(9-22)6-13(21)8-14/h6-8,11,15,23H,4-5,10H2,1-3H3,(H,25,26)(H,24,27,28). The molecule has 3 heterocycles. The Hall–Kier alpha value is -2.89. The highest BCUT2D eigenvalue weighted by Gasteiger charge is 2.24. The van der Waals surface area contributed by atoms with Gasteiger partial charge in [-0.1, -0.05) is 11.6 Å². The lowest BCUT2D eigenvalue weighted by atomic mass is 10.1. The fourth-order valence-electron chi connectivity index (χ4n) is 3.44. The molecule has 3 N–H and O–H groups in total. The van der Waals surface area contributed by atoms with Gasteiger partial charge < -0.3 is 16.0 Å². The topological polar surface area (TPSA) is 103 Å². The minimum atomic E-state index is -0.150. The van der Waals surface area contributed by atoms with Crippen LogP contribution in [0.3, 0.4) is 0 Å². The van der Waals surface area contributed by atoms with E-state index in [0.717, 1.165) is 25.2 Å². The number of imidazole rings is 1. The molecule has 1 saturated heterocycles. The molecule has 1 aliphatic rings. The van der Waals surface area contributed by atoms with Crippen LogP contribution in [0.2, 0.25) is 5.02 Å². The Kier molecular flexibility index (Phi) is 5.03. The first kappa shape index (κ1) is 19.4. The molecule has 2 aromatic heterocycles. The maximum absolute atomic E-state index is 9.23. The van der Waals surface area contributed by atoms with Crippen molar-refractivity contribution in [3.05, 3.63) is 35.0 Å². The van der Waals surface area contributed by atoms with Crippen LogP contribution < -0.4 is 16.0 Å². The monoisotopic (exact) mass is 410 g/mol. The van der Waals surface area contributed by atoms with E-state index in [-0.39, 0.29) is 11.6 Å². The van der Waals surface area contributed by atoms with Gasteiger partial charge in [0.15, 0.2) is 5.65 Å². The second kappa shape index (κ2) is 7.50. The summed E-state index contributed by atoms with van der Waals surface area (Å²) in [6, 6.07) is 7.50. The lowest BCUT2D eigenvalue weighted by Crippen LogP contribution is -2.27. The minimum Gasteiger partial charge on any atom is -0.350 e. The minimum absolute atomic E-state index is 0.150. The molecule has 1 unspecified atom stereocenters. The first-order valence-electron chi connectivity index (χ1n) is 9.54. The second-order valence-electron chi connectivity index (χ2n) is 8.19. The van der Waals surface area contributed by atoms with Crippen molar-refractivity contribution < 1.29 is 0 Å². The maximum Gasteiger partial charge on any atom is 0.225 e. The number of hydrogen-bond acceptors (Lipinski definition) is 7. The van der Waals surface area contributed by atoms with Gasteiger partial charge in [0.1, 0.15) is 5.52 Å². The summed E-state index contributed by atoms with van der Waals surface area (Å²) < 4.78 is 2.11. The lowest BCUT2D eigenvalue weighted by Gasteiger charge is -2.20. The number of nitriles is 1. The van der Waals surface area contributed by atoms with Crippen molar-refractivity contribution in [1.82, 2.24) is 24.8 Å². The Bertz CT molecular complexity index is 1090. The van der Waals surface area contributed by atoms with Crippen LogP contribution >= 0.6 is 11.6 Å². The Morgan fingerprint density at radius 2 is 2.10 bits per heavy atom. The summed E-state index contributed by atoms with van der Waals surface area (Å²) in [5.41, 5.74) is 2.52. The van der Waals surface area contributed by atoms with Gasteiger partial charge in [0.05, 0.1) is 23.9 Å². The van der Waals surface area contributed by atoms with E-state index in [2.05, 4.69) is 52.3 Å². The summed E-state index contributed by atoms with van der Waals surface area (Å²) in [5, 5.41) is 19.8. The van der Waals surface area contributed by atoms with Crippen molar-refractivity contribution in [2.24, 2.45) is 0 Å². The molecule has 0 saturated carbocycles. The molecule has 4 rings (SSSR count). The first-order valence-corrected chi connectivity index (χ1v) is 9.92. The van der Waals surface area contributed by atoms with E-state index in [1.807, 2.05) is 0 Å². The van der Waals surface area contributed by atoms with Crippen LogP contribution in [0.5, 0.6) is 0 Å². The Morgan fingerprint density at radius 1 is 1.28 bits per heavy atom. The summed E-state index contributed by atoms with van der Waals surface area (Å²) in [6.07, 6.45) is 2.71. The van der Waals surface area contributed by atoms with Gasteiger partial charge in [-0.3, -0.25) is 4.57 Å². The number of halogens is 1. The summed E-state index contributed by atoms with van der Waals surface area (Å²) in [5.74, 6) is 1.22. The smallest absolute Gasteiger partial charge is 0.225 e. The zero-order valence-corrected chi connectivity index (χ0v) is 17.4. The average Bonchev–Trinajstić information content (AvgIpc) is 3.26. The van der Waals surface area contributed by atoms with Crippen LogP contribution in [-0.2, 0) is 0 Å². The average molecular weight is 411 g/mol. The molecule has 1 aliphatic heterocycles. The number of fused-ring (bicyclic) bond motifs is 1. The van der Waals surface area contributed by atoms with Gasteiger partial charge in [-0.05, 0) is 51.9 Å². The van der Waals surface area contributed by atoms with Crippen molar-refractivity contribution in [3.8, 4) is 6.07 Å². The summed E-state index contributed by atoms with van der Waals surface area (Å²) in [7, 11) is 0. The van der Waals surface area contributed by atoms with Crippen molar-refractivity contribution >= 4 is 40.3 Å². The predicted molar refractivity (Wildman–Crippen MR) is 115 cm³/mol. The molecule has 0 bridgehead atoms. The van der Waals surface area contributed by atoms with E-state index in [1.165, 1.54) is 0 Å². The van der Waals surface area contributed by atoms with Gasteiger partial charge in [0.25, 0.3) is 0 Å². The van der Waals surface area contributed by atoms with E-state index in [1.54, 1.807) is 24.4 Å². The molecule has 1 aromatic carbocycles. The van der Waals surface area contributed by atoms with Crippen molar-refractivity contribution in [2.45, 2.75) is 38.8 Å². The van der Waals surface area contributed by atoms with Crippen LogP contribution in [0.15, 0.2) is 24.4 Å². The highest BCUT2D eigenvalue weighted by atomic mass is 35.5. The molecule has 29 heavy (non-hydrogen) atoms. The normalized spacial score (nSPS) is 16.7. The van der Waals surface area contributed by atoms with E-state index in [4.69, 9.17) is 21.6 Å². The second-order valence-corrected chi connectivity index (χ2v) is 8.63. The van der Waals surface area contributed by atoms with Gasteiger partial charge >= 0.3 is 0 Å². The van der Waals surface area contributed by atoms with Crippen molar-refractivity contribution in [1.29, 1.82) is 5.26 Å². The van der Waals surface area contributed by atoms with Crippen LogP contribution in [0, 0.1) is 11.3 Å². The molecule has 1 atom stereocenters. The Balaban J connectivity index is 1.79. The van der Waals surface area contributed by atoms with Crippen LogP contribution in [0.25, 0.3) is 11.2 Å². The van der Waals surface area contributed by atoms with E-state index in [9.17, 15) is 5.26 Å². The molecule has 0 amide bonds. The number of nitrogens with one attached hydrogen (secondary N) is 3. The van der Waals surface area contributed by atoms with Gasteiger partial charge in [0, 0.05) is 22.8 Å². The van der Waals surface area contributed by atoms with Gasteiger partial charge in [-0.15, -0.1) is 0 Å². The third-order valence-corrected chi connectivity index (χ3v) is 4.82. The lowest BCUT2D eigenvalue weighted by molar-refractivity contribution is 0.564. The zero-order valence-electron chi connectivity index (χ0n) is 16.6. The fourth-order valence-corrected chi connectivity index (χ4v) is 3.67. The van der Waals surface area contributed by atoms with E-state index in [0.29, 0.717) is 33.7 Å². The summed E-state index contributed by atoms with van der Waals surface area (Å²) >= 11 is 6.16. The highest BCUT2D eigenvalue weighted by molar-refractivity contribution is 6.31. The predicted octanol–water partition coefficient (Wildman–Crippen LogP) is 3.84. The van der Waals surface area contributed by atoms with Crippen molar-refractivity contribution in [2.75, 3.05) is 23.7 Å². The molecule has 150 valence electrons.